The Morgan fingerprint density at radius 3 is 1.80 bits per heavy atom. The fourth-order valence-electron chi connectivity index (χ4n) is 2.34. The van der Waals surface area contributed by atoms with Crippen molar-refractivity contribution in [1.82, 2.24) is 4.90 Å². The van der Waals surface area contributed by atoms with Crippen LogP contribution in [0.2, 0.25) is 0 Å². The molecule has 2 nitrogen and oxygen atoms in total. The molecule has 0 aromatic carbocycles. The van der Waals surface area contributed by atoms with Crippen LogP contribution in [0.15, 0.2) is 0 Å². The third kappa shape index (κ3) is 2.96. The lowest BCUT2D eigenvalue weighted by Gasteiger charge is -2.51. The summed E-state index contributed by atoms with van der Waals surface area (Å²) in [7, 11) is 1.97. The lowest BCUT2D eigenvalue weighted by Crippen LogP contribution is -2.56. The Morgan fingerprint density at radius 2 is 1.47 bits per heavy atom. The molecule has 0 unspecified atom stereocenters. The minimum absolute atomic E-state index is 0.315. The van der Waals surface area contributed by atoms with E-state index in [1.807, 2.05) is 39.6 Å². The molecule has 90 valence electrons. The van der Waals surface area contributed by atoms with E-state index in [1.165, 1.54) is 25.7 Å². The standard InChI is InChI=1S/C9H15NO.2C2H6/c1-10-8(11)4-2-5-9(10)6-3-7-9;2*1-2/h2-7H2,1H3;2*1-2H3. The molecule has 0 bridgehead atoms. The predicted molar refractivity (Wildman–Crippen MR) is 65.9 cm³/mol. The second-order valence-corrected chi connectivity index (χ2v) is 3.88. The van der Waals surface area contributed by atoms with Crippen molar-refractivity contribution in [2.24, 2.45) is 0 Å². The Kier molecular flexibility index (Phi) is 6.62. The third-order valence-electron chi connectivity index (χ3n) is 3.40. The van der Waals surface area contributed by atoms with E-state index in [2.05, 4.69) is 0 Å². The van der Waals surface area contributed by atoms with Crippen molar-refractivity contribution in [1.29, 1.82) is 0 Å². The Hall–Kier alpha value is -0.530. The van der Waals surface area contributed by atoms with E-state index in [4.69, 9.17) is 0 Å². The minimum Gasteiger partial charge on any atom is -0.340 e. The van der Waals surface area contributed by atoms with Crippen LogP contribution in [0.1, 0.15) is 66.2 Å². The molecule has 1 aliphatic carbocycles. The molecule has 2 fully saturated rings. The molecule has 1 heterocycles. The summed E-state index contributed by atoms with van der Waals surface area (Å²) in [6.07, 6.45) is 6.94. The molecular weight excluding hydrogens is 186 g/mol. The van der Waals surface area contributed by atoms with Gasteiger partial charge < -0.3 is 4.90 Å². The van der Waals surface area contributed by atoms with Crippen molar-refractivity contribution < 1.29 is 4.79 Å². The number of likely N-dealkylation sites (tertiary alicyclic amines) is 1. The monoisotopic (exact) mass is 213 g/mol. The van der Waals surface area contributed by atoms with E-state index in [0.717, 1.165) is 12.8 Å². The summed E-state index contributed by atoms with van der Waals surface area (Å²) < 4.78 is 0. The van der Waals surface area contributed by atoms with Crippen LogP contribution in [0, 0.1) is 0 Å². The second-order valence-electron chi connectivity index (χ2n) is 3.88. The summed E-state index contributed by atoms with van der Waals surface area (Å²) >= 11 is 0. The maximum atomic E-state index is 11.3. The quantitative estimate of drug-likeness (QED) is 0.602. The zero-order valence-corrected chi connectivity index (χ0v) is 11.1. The first kappa shape index (κ1) is 14.5. The van der Waals surface area contributed by atoms with Gasteiger partial charge in [-0.3, -0.25) is 4.79 Å². The number of hydrogen-bond donors (Lipinski definition) is 0. The molecular formula is C13H27NO. The molecule has 2 aliphatic rings. The minimum atomic E-state index is 0.315. The fraction of sp³-hybridized carbons (Fsp3) is 0.923. The van der Waals surface area contributed by atoms with Gasteiger partial charge in [0, 0.05) is 19.0 Å². The molecule has 15 heavy (non-hydrogen) atoms. The number of carbonyl (C=O) groups is 1. The van der Waals surface area contributed by atoms with Gasteiger partial charge in [-0.15, -0.1) is 0 Å². The van der Waals surface area contributed by atoms with Crippen molar-refractivity contribution in [3.8, 4) is 0 Å². The van der Waals surface area contributed by atoms with Crippen LogP contribution in [-0.2, 0) is 4.79 Å². The maximum absolute atomic E-state index is 11.3. The normalized spacial score (nSPS) is 21.9. The van der Waals surface area contributed by atoms with E-state index >= 15 is 0 Å². The molecule has 0 N–H and O–H groups in total. The summed E-state index contributed by atoms with van der Waals surface area (Å²) in [5, 5.41) is 0. The Balaban J connectivity index is 0.000000442. The molecule has 1 saturated carbocycles. The van der Waals surface area contributed by atoms with E-state index in [-0.39, 0.29) is 0 Å². The lowest BCUT2D eigenvalue weighted by atomic mass is 9.70. The maximum Gasteiger partial charge on any atom is 0.222 e. The largest absolute Gasteiger partial charge is 0.340 e. The molecule has 0 aromatic rings. The first-order valence-corrected chi connectivity index (χ1v) is 6.51. The van der Waals surface area contributed by atoms with Crippen LogP contribution < -0.4 is 0 Å². The molecule has 2 rings (SSSR count). The number of amides is 1. The first-order chi connectivity index (χ1) is 7.25. The van der Waals surface area contributed by atoms with Crippen molar-refractivity contribution in [2.75, 3.05) is 7.05 Å². The summed E-state index contributed by atoms with van der Waals surface area (Å²) in [4.78, 5) is 13.3. The SMILES string of the molecule is CC.CC.CN1C(=O)CCCC12CCC2. The zero-order valence-electron chi connectivity index (χ0n) is 11.1. The van der Waals surface area contributed by atoms with Gasteiger partial charge in [0.15, 0.2) is 0 Å². The van der Waals surface area contributed by atoms with E-state index < -0.39 is 0 Å². The van der Waals surface area contributed by atoms with Gasteiger partial charge in [-0.2, -0.15) is 0 Å². The molecule has 1 saturated heterocycles. The second kappa shape index (κ2) is 6.86. The summed E-state index contributed by atoms with van der Waals surface area (Å²) in [6.45, 7) is 8.00. The predicted octanol–water partition coefficient (Wildman–Crippen LogP) is 3.60. The van der Waals surface area contributed by atoms with Crippen LogP contribution in [0.3, 0.4) is 0 Å². The highest BCUT2D eigenvalue weighted by atomic mass is 16.2. The molecule has 1 aliphatic heterocycles. The van der Waals surface area contributed by atoms with E-state index in [9.17, 15) is 4.79 Å². The highest BCUT2D eigenvalue weighted by molar-refractivity contribution is 5.77. The van der Waals surface area contributed by atoms with Gasteiger partial charge in [-0.1, -0.05) is 27.7 Å². The van der Waals surface area contributed by atoms with Gasteiger partial charge in [0.05, 0.1) is 0 Å². The summed E-state index contributed by atoms with van der Waals surface area (Å²) in [5.74, 6) is 0.357. The highest BCUT2D eigenvalue weighted by Crippen LogP contribution is 2.43. The average Bonchev–Trinajstić information content (AvgIpc) is 2.26. The van der Waals surface area contributed by atoms with Crippen LogP contribution in [0.25, 0.3) is 0 Å². The lowest BCUT2D eigenvalue weighted by molar-refractivity contribution is -0.144. The fourth-order valence-corrected chi connectivity index (χ4v) is 2.34. The Bertz CT molecular complexity index is 185. The van der Waals surface area contributed by atoms with Crippen LogP contribution in [0.5, 0.6) is 0 Å². The highest BCUT2D eigenvalue weighted by Gasteiger charge is 2.44. The van der Waals surface area contributed by atoms with Crippen molar-refractivity contribution in [3.63, 3.8) is 0 Å². The number of piperidine rings is 1. The Labute approximate surface area is 95.0 Å². The topological polar surface area (TPSA) is 20.3 Å². The van der Waals surface area contributed by atoms with Crippen LogP contribution in [-0.4, -0.2) is 23.4 Å². The average molecular weight is 213 g/mol. The molecule has 1 amide bonds. The number of nitrogens with zero attached hydrogens (tertiary/aromatic N) is 1. The first-order valence-electron chi connectivity index (χ1n) is 6.51. The molecule has 0 atom stereocenters. The van der Waals surface area contributed by atoms with E-state index in [1.54, 1.807) is 0 Å². The molecule has 2 heteroatoms. The van der Waals surface area contributed by atoms with E-state index in [0.29, 0.717) is 11.4 Å². The van der Waals surface area contributed by atoms with Crippen molar-refractivity contribution in [3.05, 3.63) is 0 Å². The van der Waals surface area contributed by atoms with Gasteiger partial charge in [0.1, 0.15) is 0 Å². The zero-order chi connectivity index (χ0) is 11.9. The third-order valence-corrected chi connectivity index (χ3v) is 3.40. The smallest absolute Gasteiger partial charge is 0.222 e. The molecule has 1 spiro atoms. The van der Waals surface area contributed by atoms with Gasteiger partial charge in [0.2, 0.25) is 5.91 Å². The summed E-state index contributed by atoms with van der Waals surface area (Å²) in [5.41, 5.74) is 0.315. The van der Waals surface area contributed by atoms with Gasteiger partial charge in [0.25, 0.3) is 0 Å². The number of rotatable bonds is 0. The van der Waals surface area contributed by atoms with Gasteiger partial charge >= 0.3 is 0 Å². The van der Waals surface area contributed by atoms with Crippen molar-refractivity contribution in [2.45, 2.75) is 71.8 Å². The summed E-state index contributed by atoms with van der Waals surface area (Å²) in [6, 6.07) is 0. The van der Waals surface area contributed by atoms with Gasteiger partial charge in [-0.25, -0.2) is 0 Å². The number of carbonyl (C=O) groups excluding carboxylic acids is 1. The number of hydrogen-bond acceptors (Lipinski definition) is 1. The molecule has 0 radical (unpaired) electrons. The van der Waals surface area contributed by atoms with Crippen molar-refractivity contribution >= 4 is 5.91 Å². The molecule has 0 aromatic heterocycles. The Morgan fingerprint density at radius 1 is 1.00 bits per heavy atom. The van der Waals surface area contributed by atoms with Crippen LogP contribution >= 0.6 is 0 Å². The van der Waals surface area contributed by atoms with Gasteiger partial charge in [-0.05, 0) is 32.1 Å². The van der Waals surface area contributed by atoms with Crippen LogP contribution in [0.4, 0.5) is 0 Å².